The molecule has 1 heterocycles. The molecule has 1 aliphatic heterocycles. The Kier molecular flexibility index (Phi) is 5.96. The molecule has 2 aromatic rings. The van der Waals surface area contributed by atoms with Crippen molar-refractivity contribution < 1.29 is 19.1 Å². The molecule has 6 nitrogen and oxygen atoms in total. The number of carbonyl (C=O) groups excluding carboxylic acids is 2. The van der Waals surface area contributed by atoms with E-state index in [2.05, 4.69) is 5.32 Å². The number of benzene rings is 2. The fourth-order valence-electron chi connectivity index (χ4n) is 3.20. The average molecular weight is 368 g/mol. The first-order valence-electron chi connectivity index (χ1n) is 9.05. The van der Waals surface area contributed by atoms with Gasteiger partial charge in [-0.15, -0.1) is 0 Å². The molecule has 0 bridgehead atoms. The van der Waals surface area contributed by atoms with E-state index in [9.17, 15) is 9.59 Å². The van der Waals surface area contributed by atoms with Gasteiger partial charge in [0.1, 0.15) is 11.5 Å². The van der Waals surface area contributed by atoms with Crippen LogP contribution in [0, 0.1) is 5.92 Å². The van der Waals surface area contributed by atoms with Crippen LogP contribution < -0.4 is 19.7 Å². The molecule has 0 aromatic heterocycles. The third-order valence-electron chi connectivity index (χ3n) is 4.60. The number of carbonyl (C=O) groups is 2. The first kappa shape index (κ1) is 18.8. The lowest BCUT2D eigenvalue weighted by molar-refractivity contribution is -0.126. The normalized spacial score (nSPS) is 16.3. The van der Waals surface area contributed by atoms with Crippen LogP contribution >= 0.6 is 0 Å². The van der Waals surface area contributed by atoms with E-state index in [-0.39, 0.29) is 24.2 Å². The summed E-state index contributed by atoms with van der Waals surface area (Å²) in [5.41, 5.74) is 1.68. The summed E-state index contributed by atoms with van der Waals surface area (Å²) in [5, 5.41) is 2.92. The van der Waals surface area contributed by atoms with Gasteiger partial charge in [-0.3, -0.25) is 9.59 Å². The molecular weight excluding hydrogens is 344 g/mol. The molecule has 0 saturated carbocycles. The summed E-state index contributed by atoms with van der Waals surface area (Å²) >= 11 is 0. The second-order valence-corrected chi connectivity index (χ2v) is 6.36. The Balaban J connectivity index is 1.60. The lowest BCUT2D eigenvalue weighted by Gasteiger charge is -2.17. The monoisotopic (exact) mass is 368 g/mol. The number of hydrogen-bond donors (Lipinski definition) is 1. The molecule has 3 rings (SSSR count). The van der Waals surface area contributed by atoms with Crippen LogP contribution in [0.5, 0.6) is 11.5 Å². The van der Waals surface area contributed by atoms with Crippen LogP contribution in [0.15, 0.2) is 48.5 Å². The van der Waals surface area contributed by atoms with Gasteiger partial charge in [-0.2, -0.15) is 0 Å². The molecule has 1 unspecified atom stereocenters. The zero-order valence-corrected chi connectivity index (χ0v) is 15.6. The molecule has 0 spiro atoms. The van der Waals surface area contributed by atoms with E-state index < -0.39 is 0 Å². The summed E-state index contributed by atoms with van der Waals surface area (Å²) < 4.78 is 10.7. The van der Waals surface area contributed by atoms with Crippen molar-refractivity contribution in [3.05, 3.63) is 54.1 Å². The minimum Gasteiger partial charge on any atom is -0.496 e. The van der Waals surface area contributed by atoms with E-state index in [1.165, 1.54) is 0 Å². The van der Waals surface area contributed by atoms with Gasteiger partial charge in [0.25, 0.3) is 0 Å². The molecule has 2 amide bonds. The molecule has 1 atom stereocenters. The summed E-state index contributed by atoms with van der Waals surface area (Å²) in [6.07, 6.45) is 0.213. The number of methoxy groups -OCH3 is 1. The fraction of sp³-hybridized carbons (Fsp3) is 0.333. The van der Waals surface area contributed by atoms with Crippen molar-refractivity contribution in [2.45, 2.75) is 19.9 Å². The summed E-state index contributed by atoms with van der Waals surface area (Å²) in [4.78, 5) is 26.6. The van der Waals surface area contributed by atoms with Crippen molar-refractivity contribution in [3.63, 3.8) is 0 Å². The van der Waals surface area contributed by atoms with Crippen LogP contribution in [-0.4, -0.2) is 32.1 Å². The average Bonchev–Trinajstić information content (AvgIpc) is 3.09. The molecule has 0 aliphatic carbocycles. The standard InChI is InChI=1S/C21H24N2O4/c1-3-27-18-10-8-17(9-11-18)23-14-16(12-20(23)24)21(25)22-13-15-6-4-5-7-19(15)26-2/h4-11,16H,3,12-14H2,1-2H3,(H,22,25). The van der Waals surface area contributed by atoms with Gasteiger partial charge in [-0.25, -0.2) is 0 Å². The minimum atomic E-state index is -0.362. The molecule has 2 aromatic carbocycles. The zero-order valence-electron chi connectivity index (χ0n) is 15.6. The molecule has 1 saturated heterocycles. The Morgan fingerprint density at radius 2 is 1.93 bits per heavy atom. The van der Waals surface area contributed by atoms with Crippen LogP contribution in [0.4, 0.5) is 5.69 Å². The topological polar surface area (TPSA) is 67.9 Å². The molecule has 6 heteroatoms. The molecular formula is C21H24N2O4. The highest BCUT2D eigenvalue weighted by Gasteiger charge is 2.35. The number of hydrogen-bond acceptors (Lipinski definition) is 4. The van der Waals surface area contributed by atoms with E-state index in [4.69, 9.17) is 9.47 Å². The number of nitrogens with zero attached hydrogens (tertiary/aromatic N) is 1. The van der Waals surface area contributed by atoms with Crippen molar-refractivity contribution >= 4 is 17.5 Å². The summed E-state index contributed by atoms with van der Waals surface area (Å²) in [6.45, 7) is 3.27. The van der Waals surface area contributed by atoms with Crippen LogP contribution in [0.2, 0.25) is 0 Å². The van der Waals surface area contributed by atoms with Gasteiger partial charge in [-0.1, -0.05) is 18.2 Å². The van der Waals surface area contributed by atoms with Crippen molar-refractivity contribution in [2.75, 3.05) is 25.2 Å². The number of para-hydroxylation sites is 1. The Morgan fingerprint density at radius 3 is 2.63 bits per heavy atom. The van der Waals surface area contributed by atoms with Gasteiger partial charge < -0.3 is 19.7 Å². The van der Waals surface area contributed by atoms with Gasteiger partial charge in [0, 0.05) is 30.8 Å². The molecule has 142 valence electrons. The van der Waals surface area contributed by atoms with Crippen LogP contribution in [0.3, 0.4) is 0 Å². The van der Waals surface area contributed by atoms with Crippen LogP contribution in [0.1, 0.15) is 18.9 Å². The van der Waals surface area contributed by atoms with Crippen molar-refractivity contribution in [2.24, 2.45) is 5.92 Å². The van der Waals surface area contributed by atoms with Gasteiger partial charge >= 0.3 is 0 Å². The second kappa shape index (κ2) is 8.58. The molecule has 1 N–H and O–H groups in total. The number of rotatable bonds is 7. The lowest BCUT2D eigenvalue weighted by atomic mass is 10.1. The maximum atomic E-state index is 12.5. The lowest BCUT2D eigenvalue weighted by Crippen LogP contribution is -2.32. The maximum absolute atomic E-state index is 12.5. The highest BCUT2D eigenvalue weighted by molar-refractivity contribution is 6.00. The molecule has 27 heavy (non-hydrogen) atoms. The molecule has 1 fully saturated rings. The van der Waals surface area contributed by atoms with Gasteiger partial charge in [0.15, 0.2) is 0 Å². The third kappa shape index (κ3) is 4.39. The van der Waals surface area contributed by atoms with Gasteiger partial charge in [0.05, 0.1) is 19.6 Å². The largest absolute Gasteiger partial charge is 0.496 e. The number of nitrogens with one attached hydrogen (secondary N) is 1. The Hall–Kier alpha value is -3.02. The summed E-state index contributed by atoms with van der Waals surface area (Å²) in [7, 11) is 1.60. The molecule has 1 aliphatic rings. The zero-order chi connectivity index (χ0) is 19.2. The second-order valence-electron chi connectivity index (χ2n) is 6.36. The Labute approximate surface area is 159 Å². The SMILES string of the molecule is CCOc1ccc(N2CC(C(=O)NCc3ccccc3OC)CC2=O)cc1. The predicted octanol–water partition coefficient (Wildman–Crippen LogP) is 2.76. The van der Waals surface area contributed by atoms with E-state index in [1.807, 2.05) is 55.5 Å². The van der Waals surface area contributed by atoms with Gasteiger partial charge in [-0.05, 0) is 37.3 Å². The van der Waals surface area contributed by atoms with E-state index in [0.717, 1.165) is 22.7 Å². The van der Waals surface area contributed by atoms with Crippen molar-refractivity contribution in [1.29, 1.82) is 0 Å². The number of amides is 2. The number of ether oxygens (including phenoxy) is 2. The van der Waals surface area contributed by atoms with Crippen LogP contribution in [0.25, 0.3) is 0 Å². The fourth-order valence-corrected chi connectivity index (χ4v) is 3.20. The highest BCUT2D eigenvalue weighted by atomic mass is 16.5. The number of anilines is 1. The highest BCUT2D eigenvalue weighted by Crippen LogP contribution is 2.27. The summed E-state index contributed by atoms with van der Waals surface area (Å²) in [6, 6.07) is 14.9. The minimum absolute atomic E-state index is 0.0448. The maximum Gasteiger partial charge on any atom is 0.227 e. The molecule has 0 radical (unpaired) electrons. The van der Waals surface area contributed by atoms with Gasteiger partial charge in [0.2, 0.25) is 11.8 Å². The Bertz CT molecular complexity index is 804. The predicted molar refractivity (Wildman–Crippen MR) is 103 cm³/mol. The smallest absolute Gasteiger partial charge is 0.227 e. The van der Waals surface area contributed by atoms with Crippen LogP contribution in [-0.2, 0) is 16.1 Å². The third-order valence-corrected chi connectivity index (χ3v) is 4.60. The Morgan fingerprint density at radius 1 is 1.19 bits per heavy atom. The van der Waals surface area contributed by atoms with Crippen molar-refractivity contribution in [3.8, 4) is 11.5 Å². The van der Waals surface area contributed by atoms with E-state index >= 15 is 0 Å². The first-order chi connectivity index (χ1) is 13.1. The summed E-state index contributed by atoms with van der Waals surface area (Å²) in [5.74, 6) is 0.966. The quantitative estimate of drug-likeness (QED) is 0.816. The first-order valence-corrected chi connectivity index (χ1v) is 9.05. The van der Waals surface area contributed by atoms with Crippen molar-refractivity contribution in [1.82, 2.24) is 5.32 Å². The van der Waals surface area contributed by atoms with E-state index in [0.29, 0.717) is 19.7 Å². The van der Waals surface area contributed by atoms with E-state index in [1.54, 1.807) is 12.0 Å².